The summed E-state index contributed by atoms with van der Waals surface area (Å²) in [6.07, 6.45) is 3.69. The van der Waals surface area contributed by atoms with Crippen LogP contribution in [0.2, 0.25) is 0 Å². The molecule has 12 atom stereocenters. The maximum atomic E-state index is 15.2. The summed E-state index contributed by atoms with van der Waals surface area (Å²) in [7, 11) is 0. The second-order valence-electron chi connectivity index (χ2n) is 23.1. The van der Waals surface area contributed by atoms with Crippen LogP contribution in [0.5, 0.6) is 0 Å². The van der Waals surface area contributed by atoms with Crippen LogP contribution in [0.4, 0.5) is 0 Å². The number of nitrogens with one attached hydrogen (secondary N) is 10. The molecule has 89 heavy (non-hydrogen) atoms. The molecule has 16 N–H and O–H groups in total. The van der Waals surface area contributed by atoms with Gasteiger partial charge in [-0.3, -0.25) is 76.7 Å². The fourth-order valence-corrected chi connectivity index (χ4v) is 10.0. The van der Waals surface area contributed by atoms with Crippen LogP contribution in [-0.4, -0.2) is 218 Å². The second kappa shape index (κ2) is 35.9. The molecule has 0 spiro atoms. The van der Waals surface area contributed by atoms with Gasteiger partial charge >= 0.3 is 23.9 Å². The van der Waals surface area contributed by atoms with E-state index in [0.29, 0.717) is 12.3 Å². The van der Waals surface area contributed by atoms with E-state index in [1.807, 2.05) is 16.0 Å². The molecule has 3 aliphatic rings. The van der Waals surface area contributed by atoms with Crippen LogP contribution in [0.3, 0.4) is 0 Å². The van der Waals surface area contributed by atoms with E-state index in [1.165, 1.54) is 13.8 Å². The largest absolute Gasteiger partial charge is 0.481 e. The van der Waals surface area contributed by atoms with E-state index >= 15 is 4.79 Å². The Bertz CT molecular complexity index is 2670. The van der Waals surface area contributed by atoms with E-state index in [-0.39, 0.29) is 51.6 Å². The van der Waals surface area contributed by atoms with E-state index in [4.69, 9.17) is 5.73 Å². The Kier molecular flexibility index (Phi) is 30.0. The lowest BCUT2D eigenvalue weighted by Crippen LogP contribution is -2.66. The lowest BCUT2D eigenvalue weighted by molar-refractivity contribution is -0.150. The number of nitrogens with two attached hydrogens (primary N) is 1. The summed E-state index contributed by atoms with van der Waals surface area (Å²) >= 11 is 0. The Hall–Kier alpha value is -8.78. The summed E-state index contributed by atoms with van der Waals surface area (Å²) in [6.45, 7) is 8.53. The van der Waals surface area contributed by atoms with Crippen molar-refractivity contribution < 1.29 is 97.1 Å². The first-order valence-electron chi connectivity index (χ1n) is 29.6. The van der Waals surface area contributed by atoms with E-state index in [0.717, 1.165) is 36.0 Å². The summed E-state index contributed by atoms with van der Waals surface area (Å²) in [5, 5.41) is 62.1. The third-order valence-electron chi connectivity index (χ3n) is 15.0. The number of carboxylic acids is 4. The first-order chi connectivity index (χ1) is 41.7. The monoisotopic (exact) mass is 1260 g/mol. The Morgan fingerprint density at radius 2 is 1.12 bits per heavy atom. The average molecular weight is 1260 g/mol. The first kappa shape index (κ1) is 74.5. The lowest BCUT2D eigenvalue weighted by Gasteiger charge is -2.39. The van der Waals surface area contributed by atoms with Gasteiger partial charge in [0.05, 0.1) is 44.3 Å². The number of carbonyl (C=O) groups excluding carboxylic acids is 12. The molecule has 3 rings (SSSR count). The van der Waals surface area contributed by atoms with Gasteiger partial charge in [0, 0.05) is 25.6 Å². The molecule has 3 fully saturated rings. The summed E-state index contributed by atoms with van der Waals surface area (Å²) in [4.78, 5) is 218. The minimum absolute atomic E-state index is 0.0218. The maximum Gasteiger partial charge on any atom is 0.308 e. The standard InChI is InChI=1S/C56H87N13O20/c1-27(2)16-11-9-8-10-12-19-37(70)61-34(24-42(77)78)49(81)67-46-31(7)60-50(82)36-18-15-21-69(36)54(86)43(28(3)4)65-53(85)45(30(6)57)64-39(72)26-59-47(79)32(22-40(73)74)62-38(71)25-58-48(80)33(23-41(75)76)63-52(84)44(29(5)56(88)89)66-51(83)35-17-13-14-20-68(35)55(46)87/h10,12,27-36,43-46H,8-9,11,13-26,57H2,1-7H3,(H,58,80)(H,59,79)(H,60,82)(H,61,70)(H,62,71)(H,63,84)(H,64,72)(H,65,85)(H,66,83)(H,67,81)(H,73,74)(H,75,76)(H,77,78)(H,88,89)/t29-,30+,31+,32-,33-,34-,35+,36-,43-,44-,45+,46-/m0/s1. The molecule has 3 saturated heterocycles. The molecular weight excluding hydrogens is 1170 g/mol. The van der Waals surface area contributed by atoms with Crippen LogP contribution in [0.15, 0.2) is 12.2 Å². The van der Waals surface area contributed by atoms with Gasteiger partial charge in [-0.05, 0) is 77.6 Å². The highest BCUT2D eigenvalue weighted by Crippen LogP contribution is 2.24. The maximum absolute atomic E-state index is 15.2. The Labute approximate surface area is 513 Å². The van der Waals surface area contributed by atoms with Gasteiger partial charge in [-0.25, -0.2) is 0 Å². The predicted octanol–water partition coefficient (Wildman–Crippen LogP) is -4.19. The van der Waals surface area contributed by atoms with Crippen molar-refractivity contribution in [1.29, 1.82) is 0 Å². The zero-order chi connectivity index (χ0) is 67.0. The minimum atomic E-state index is -2.15. The van der Waals surface area contributed by atoms with Gasteiger partial charge in [-0.15, -0.1) is 0 Å². The van der Waals surface area contributed by atoms with E-state index in [9.17, 15) is 92.3 Å². The first-order valence-corrected chi connectivity index (χ1v) is 29.6. The number of carbonyl (C=O) groups is 16. The van der Waals surface area contributed by atoms with Crippen LogP contribution in [-0.2, 0) is 76.7 Å². The molecule has 496 valence electrons. The third kappa shape index (κ3) is 24.0. The van der Waals surface area contributed by atoms with Crippen molar-refractivity contribution in [1.82, 2.24) is 63.0 Å². The van der Waals surface area contributed by atoms with Crippen LogP contribution < -0.4 is 58.9 Å². The molecule has 0 bridgehead atoms. The number of hydrogen-bond acceptors (Lipinski definition) is 17. The number of amides is 12. The normalized spacial score (nSPS) is 25.6. The molecule has 3 heterocycles. The highest BCUT2D eigenvalue weighted by Gasteiger charge is 2.45. The number of unbranched alkanes of at least 4 members (excludes halogenated alkanes) is 2. The number of piperidine rings is 1. The molecular formula is C56H87N13O20. The van der Waals surface area contributed by atoms with E-state index in [2.05, 4.69) is 51.1 Å². The predicted molar refractivity (Wildman–Crippen MR) is 310 cm³/mol. The number of hydrogen-bond donors (Lipinski definition) is 15. The molecule has 33 heteroatoms. The highest BCUT2D eigenvalue weighted by atomic mass is 16.4. The Morgan fingerprint density at radius 1 is 0.596 bits per heavy atom. The van der Waals surface area contributed by atoms with Crippen LogP contribution in [0.1, 0.15) is 132 Å². The Balaban J connectivity index is 2.19. The second-order valence-corrected chi connectivity index (χ2v) is 23.1. The SMILES string of the molecule is CC(C)CCCCC=CCC(=O)N[C@@H](CC(=O)O)C(=O)N[C@@H]1C(=O)N2CCCC[C@@H]2C(=O)N[C@@H]([C@H](C)C(=O)O)C(=O)N[C@@H](CC(=O)O)C(=O)NCC(=O)N[C@@H](CC(=O)O)C(=O)NCC(=O)N[C@H]([C@@H](C)N)C(=O)N[C@@H](C(C)C)C(=O)N2CCC[C@H]2C(=O)N[C@@H]1C. The van der Waals surface area contributed by atoms with Crippen LogP contribution in [0.25, 0.3) is 0 Å². The zero-order valence-corrected chi connectivity index (χ0v) is 51.1. The molecule has 0 saturated carbocycles. The summed E-state index contributed by atoms with van der Waals surface area (Å²) in [6, 6.07) is -18.5. The quantitative estimate of drug-likeness (QED) is 0.0406. The molecule has 0 aromatic carbocycles. The van der Waals surface area contributed by atoms with Crippen molar-refractivity contribution >= 4 is 94.8 Å². The van der Waals surface area contributed by atoms with E-state index < -0.39 is 205 Å². The van der Waals surface area contributed by atoms with Gasteiger partial charge in [-0.1, -0.05) is 52.7 Å². The van der Waals surface area contributed by atoms with Crippen LogP contribution >= 0.6 is 0 Å². The van der Waals surface area contributed by atoms with Crippen LogP contribution in [0, 0.1) is 17.8 Å². The van der Waals surface area contributed by atoms with Gasteiger partial charge in [0.2, 0.25) is 70.9 Å². The number of allylic oxidation sites excluding steroid dienone is 1. The van der Waals surface area contributed by atoms with Gasteiger partial charge in [0.25, 0.3) is 0 Å². The lowest BCUT2D eigenvalue weighted by atomic mass is 9.96. The number of rotatable bonds is 20. The molecule has 0 unspecified atom stereocenters. The molecule has 0 aromatic rings. The summed E-state index contributed by atoms with van der Waals surface area (Å²) < 4.78 is 0. The van der Waals surface area contributed by atoms with Gasteiger partial charge < -0.3 is 89.1 Å². The van der Waals surface area contributed by atoms with Gasteiger partial charge in [0.1, 0.15) is 54.4 Å². The van der Waals surface area contributed by atoms with Crippen molar-refractivity contribution in [2.24, 2.45) is 23.5 Å². The number of carboxylic acid groups (broad SMARTS) is 4. The summed E-state index contributed by atoms with van der Waals surface area (Å²) in [5.41, 5.74) is 6.11. The Morgan fingerprint density at radius 3 is 1.67 bits per heavy atom. The van der Waals surface area contributed by atoms with Crippen molar-refractivity contribution in [2.75, 3.05) is 26.2 Å². The van der Waals surface area contributed by atoms with Crippen molar-refractivity contribution in [3.63, 3.8) is 0 Å². The topological polar surface area (TPSA) is 507 Å². The molecule has 0 aromatic heterocycles. The number of fused-ring (bicyclic) bond motifs is 2. The van der Waals surface area contributed by atoms with E-state index in [1.54, 1.807) is 26.0 Å². The zero-order valence-electron chi connectivity index (χ0n) is 51.1. The van der Waals surface area contributed by atoms with Gasteiger partial charge in [-0.2, -0.15) is 0 Å². The summed E-state index contributed by atoms with van der Waals surface area (Å²) in [5.74, 6) is -22.0. The van der Waals surface area contributed by atoms with Crippen molar-refractivity contribution in [2.45, 2.75) is 198 Å². The molecule has 33 nitrogen and oxygen atoms in total. The minimum Gasteiger partial charge on any atom is -0.481 e. The molecule has 0 radical (unpaired) electrons. The fraction of sp³-hybridized carbons (Fsp3) is 0.679. The fourth-order valence-electron chi connectivity index (χ4n) is 10.0. The smallest absolute Gasteiger partial charge is 0.308 e. The molecule has 12 amide bonds. The van der Waals surface area contributed by atoms with Gasteiger partial charge in [0.15, 0.2) is 0 Å². The van der Waals surface area contributed by atoms with Crippen molar-refractivity contribution in [3.8, 4) is 0 Å². The molecule has 0 aliphatic carbocycles. The third-order valence-corrected chi connectivity index (χ3v) is 15.0. The number of nitrogens with zero attached hydrogens (tertiary/aromatic N) is 2. The number of aliphatic carboxylic acids is 4. The average Bonchev–Trinajstić information content (AvgIpc) is 2.72. The highest BCUT2D eigenvalue weighted by molar-refractivity contribution is 6.01. The molecule has 3 aliphatic heterocycles. The van der Waals surface area contributed by atoms with Crippen molar-refractivity contribution in [3.05, 3.63) is 12.2 Å².